The van der Waals surface area contributed by atoms with Crippen molar-refractivity contribution in [3.8, 4) is 11.3 Å². The monoisotopic (exact) mass is 345 g/mol. The van der Waals surface area contributed by atoms with Crippen molar-refractivity contribution in [1.82, 2.24) is 20.4 Å². The molecule has 4 aromatic rings. The maximum atomic E-state index is 14.2. The van der Waals surface area contributed by atoms with E-state index in [0.717, 1.165) is 40.7 Å². The Hall–Kier alpha value is -3.28. The molecule has 1 aliphatic rings. The maximum absolute atomic E-state index is 14.2. The van der Waals surface area contributed by atoms with Crippen molar-refractivity contribution in [2.24, 2.45) is 0 Å². The third-order valence-electron chi connectivity index (χ3n) is 5.18. The van der Waals surface area contributed by atoms with Gasteiger partial charge in [0.2, 0.25) is 0 Å². The van der Waals surface area contributed by atoms with Gasteiger partial charge in [0.25, 0.3) is 0 Å². The third kappa shape index (κ3) is 2.19. The Morgan fingerprint density at radius 1 is 1.00 bits per heavy atom. The van der Waals surface area contributed by atoms with Gasteiger partial charge >= 0.3 is 0 Å². The average Bonchev–Trinajstić information content (AvgIpc) is 3.40. The number of nitrogens with zero attached hydrogens (tertiary/aromatic N) is 3. The van der Waals surface area contributed by atoms with Crippen molar-refractivity contribution >= 4 is 16.7 Å². The molecule has 2 heterocycles. The van der Waals surface area contributed by atoms with Gasteiger partial charge in [-0.05, 0) is 43.2 Å². The molecule has 0 radical (unpaired) electrons. The number of halogens is 1. The lowest BCUT2D eigenvalue weighted by atomic mass is 9.91. The van der Waals surface area contributed by atoms with Gasteiger partial charge in [-0.15, -0.1) is 0 Å². The lowest BCUT2D eigenvalue weighted by molar-refractivity contribution is 0.589. The van der Waals surface area contributed by atoms with Gasteiger partial charge in [0.15, 0.2) is 5.82 Å². The highest BCUT2D eigenvalue weighted by molar-refractivity contribution is 5.91. The van der Waals surface area contributed by atoms with Gasteiger partial charge in [0, 0.05) is 21.9 Å². The minimum Gasteiger partial charge on any atom is -0.382 e. The van der Waals surface area contributed by atoms with Crippen molar-refractivity contribution in [3.05, 3.63) is 71.7 Å². The van der Waals surface area contributed by atoms with Gasteiger partial charge in [-0.3, -0.25) is 5.10 Å². The molecular weight excluding hydrogens is 329 g/mol. The molecule has 5 rings (SSSR count). The van der Waals surface area contributed by atoms with Crippen LogP contribution in [0.4, 0.5) is 10.2 Å². The van der Waals surface area contributed by atoms with Crippen molar-refractivity contribution in [2.45, 2.75) is 18.3 Å². The largest absolute Gasteiger partial charge is 0.382 e. The summed E-state index contributed by atoms with van der Waals surface area (Å²) in [4.78, 5) is 0. The van der Waals surface area contributed by atoms with Crippen LogP contribution >= 0.6 is 0 Å². The highest BCUT2D eigenvalue weighted by Crippen LogP contribution is 2.53. The fraction of sp³-hybridized carbons (Fsp3) is 0.150. The smallest absolute Gasteiger partial charge is 0.153 e. The van der Waals surface area contributed by atoms with E-state index in [9.17, 15) is 4.39 Å². The number of hydrogen-bond donors (Lipinski definition) is 2. The summed E-state index contributed by atoms with van der Waals surface area (Å²) in [6.45, 7) is 0. The normalized spacial score (nSPS) is 15.3. The molecule has 1 saturated carbocycles. The molecule has 0 unspecified atom stereocenters. The lowest BCUT2D eigenvalue weighted by Crippen LogP contribution is -2.13. The number of H-pyrrole nitrogens is 1. The van der Waals surface area contributed by atoms with Crippen LogP contribution in [-0.2, 0) is 5.41 Å². The van der Waals surface area contributed by atoms with Crippen LogP contribution in [0.3, 0.4) is 0 Å². The van der Waals surface area contributed by atoms with E-state index in [1.165, 1.54) is 6.07 Å². The molecule has 5 nitrogen and oxygen atoms in total. The van der Waals surface area contributed by atoms with E-state index >= 15 is 0 Å². The fourth-order valence-electron chi connectivity index (χ4n) is 3.57. The van der Waals surface area contributed by atoms with Crippen LogP contribution in [0.5, 0.6) is 0 Å². The molecule has 26 heavy (non-hydrogen) atoms. The molecule has 2 aromatic heterocycles. The topological polar surface area (TPSA) is 80.5 Å². The first kappa shape index (κ1) is 15.0. The first-order valence-corrected chi connectivity index (χ1v) is 8.51. The summed E-state index contributed by atoms with van der Waals surface area (Å²) >= 11 is 0. The predicted molar refractivity (Wildman–Crippen MR) is 97.9 cm³/mol. The molecule has 6 heteroatoms. The highest BCUT2D eigenvalue weighted by Gasteiger charge is 2.49. The van der Waals surface area contributed by atoms with E-state index in [4.69, 9.17) is 5.73 Å². The van der Waals surface area contributed by atoms with Crippen LogP contribution in [0.2, 0.25) is 0 Å². The Kier molecular flexibility index (Phi) is 3.09. The molecule has 0 bridgehead atoms. The SMILES string of the molecule is Nc1n[nH]c2ccc(-c3ccc(C4(c5ccccc5F)CC4)nn3)cc12. The number of aromatic amines is 1. The van der Waals surface area contributed by atoms with Crippen LogP contribution < -0.4 is 5.73 Å². The molecule has 2 aromatic carbocycles. The van der Waals surface area contributed by atoms with Crippen molar-refractivity contribution in [2.75, 3.05) is 5.73 Å². The van der Waals surface area contributed by atoms with Gasteiger partial charge in [0.1, 0.15) is 5.82 Å². The quantitative estimate of drug-likeness (QED) is 0.591. The first-order chi connectivity index (χ1) is 12.7. The zero-order chi connectivity index (χ0) is 17.7. The lowest BCUT2D eigenvalue weighted by Gasteiger charge is -2.15. The Labute approximate surface area is 149 Å². The van der Waals surface area contributed by atoms with Crippen molar-refractivity contribution in [1.29, 1.82) is 0 Å². The van der Waals surface area contributed by atoms with Crippen LogP contribution in [0, 0.1) is 5.82 Å². The molecule has 0 saturated heterocycles. The highest BCUT2D eigenvalue weighted by atomic mass is 19.1. The van der Waals surface area contributed by atoms with E-state index in [2.05, 4.69) is 20.4 Å². The van der Waals surface area contributed by atoms with Gasteiger partial charge in [-0.1, -0.05) is 24.3 Å². The van der Waals surface area contributed by atoms with Crippen molar-refractivity contribution < 1.29 is 4.39 Å². The summed E-state index contributed by atoms with van der Waals surface area (Å²) in [7, 11) is 0. The van der Waals surface area contributed by atoms with Gasteiger partial charge < -0.3 is 5.73 Å². The number of nitrogens with two attached hydrogens (primary N) is 1. The number of nitrogen functional groups attached to an aromatic ring is 1. The summed E-state index contributed by atoms with van der Waals surface area (Å²) < 4.78 is 14.2. The summed E-state index contributed by atoms with van der Waals surface area (Å²) in [5.41, 5.74) is 9.61. The number of aromatic nitrogens is 4. The molecule has 0 aliphatic heterocycles. The van der Waals surface area contributed by atoms with Crippen LogP contribution in [-0.4, -0.2) is 20.4 Å². The van der Waals surface area contributed by atoms with E-state index < -0.39 is 0 Å². The average molecular weight is 345 g/mol. The van der Waals surface area contributed by atoms with Gasteiger partial charge in [-0.2, -0.15) is 15.3 Å². The zero-order valence-electron chi connectivity index (χ0n) is 13.9. The first-order valence-electron chi connectivity index (χ1n) is 8.51. The summed E-state index contributed by atoms with van der Waals surface area (Å²) in [6.07, 6.45) is 1.78. The molecule has 3 N–H and O–H groups in total. The molecule has 0 amide bonds. The second-order valence-electron chi connectivity index (χ2n) is 6.73. The zero-order valence-corrected chi connectivity index (χ0v) is 13.9. The molecule has 1 fully saturated rings. The summed E-state index contributed by atoms with van der Waals surface area (Å²) in [5.74, 6) is 0.277. The standard InChI is InChI=1S/C20H16FN5/c21-15-4-2-1-3-14(15)20(9-10-20)18-8-7-16(23-25-18)12-5-6-17-13(11-12)19(22)26-24-17/h1-8,11H,9-10H2,(H3,22,24,26). The Morgan fingerprint density at radius 2 is 1.85 bits per heavy atom. The van der Waals surface area contributed by atoms with Crippen LogP contribution in [0.1, 0.15) is 24.1 Å². The van der Waals surface area contributed by atoms with Crippen LogP contribution in [0.25, 0.3) is 22.2 Å². The molecule has 0 spiro atoms. The number of fused-ring (bicyclic) bond motifs is 1. The molecule has 0 atom stereocenters. The summed E-state index contributed by atoms with van der Waals surface area (Å²) in [5, 5.41) is 16.6. The Morgan fingerprint density at radius 3 is 2.58 bits per heavy atom. The minimum absolute atomic E-state index is 0.184. The maximum Gasteiger partial charge on any atom is 0.153 e. The second-order valence-corrected chi connectivity index (χ2v) is 6.73. The third-order valence-corrected chi connectivity index (χ3v) is 5.18. The predicted octanol–water partition coefficient (Wildman–Crippen LogP) is 3.82. The molecular formula is C20H16FN5. The fourth-order valence-corrected chi connectivity index (χ4v) is 3.57. The number of benzene rings is 2. The number of hydrogen-bond acceptors (Lipinski definition) is 4. The molecule has 128 valence electrons. The Balaban J connectivity index is 1.53. The van der Waals surface area contributed by atoms with Gasteiger partial charge in [0.05, 0.1) is 16.9 Å². The minimum atomic E-state index is -0.337. The molecule has 1 aliphatic carbocycles. The Bertz CT molecular complexity index is 1110. The van der Waals surface area contributed by atoms with E-state index in [0.29, 0.717) is 11.4 Å². The number of rotatable bonds is 3. The van der Waals surface area contributed by atoms with Crippen LogP contribution in [0.15, 0.2) is 54.6 Å². The van der Waals surface area contributed by atoms with E-state index in [1.54, 1.807) is 6.07 Å². The second kappa shape index (κ2) is 5.36. The number of anilines is 1. The summed E-state index contributed by atoms with van der Waals surface area (Å²) in [6, 6.07) is 16.6. The van der Waals surface area contributed by atoms with Gasteiger partial charge in [-0.25, -0.2) is 4.39 Å². The number of nitrogens with one attached hydrogen (secondary N) is 1. The van der Waals surface area contributed by atoms with Crippen molar-refractivity contribution in [3.63, 3.8) is 0 Å². The van der Waals surface area contributed by atoms with E-state index in [-0.39, 0.29) is 11.2 Å². The van der Waals surface area contributed by atoms with E-state index in [1.807, 2.05) is 42.5 Å².